The second-order valence-corrected chi connectivity index (χ2v) is 33.5. The molecule has 3 aliphatic carbocycles. The van der Waals surface area contributed by atoms with Gasteiger partial charge in [0.1, 0.15) is 33.5 Å². The molecule has 0 aliphatic heterocycles. The van der Waals surface area contributed by atoms with Crippen LogP contribution in [-0.4, -0.2) is 24.9 Å². The van der Waals surface area contributed by atoms with E-state index in [2.05, 4.69) is 339 Å². The van der Waals surface area contributed by atoms with Gasteiger partial charge in [-0.3, -0.25) is 19.9 Å². The van der Waals surface area contributed by atoms with Crippen molar-refractivity contribution in [2.45, 2.75) is 77.6 Å². The number of furan rings is 3. The van der Waals surface area contributed by atoms with Gasteiger partial charge in [0.2, 0.25) is 0 Å². The van der Waals surface area contributed by atoms with Gasteiger partial charge in [-0.15, -0.1) is 0 Å². The van der Waals surface area contributed by atoms with Gasteiger partial charge in [-0.1, -0.05) is 262 Å². The second kappa shape index (κ2) is 26.4. The molecule has 0 bridgehead atoms. The highest BCUT2D eigenvalue weighted by molar-refractivity contribution is 6.15. The number of pyridine rings is 3. The molecule has 0 atom stereocenters. The molecular weight excluding hydrogens is 1430 g/mol. The number of nitrogens with zero attached hydrogens (tertiary/aromatic N) is 5. The molecule has 14 aromatic carbocycles. The van der Waals surface area contributed by atoms with E-state index in [0.29, 0.717) is 5.92 Å². The smallest absolute Gasteiger partial charge is 0.140 e. The number of aromatic nitrogens is 5. The van der Waals surface area contributed by atoms with Gasteiger partial charge in [0, 0.05) is 105 Å². The van der Waals surface area contributed by atoms with Crippen LogP contribution in [0.25, 0.3) is 199 Å². The largest absolute Gasteiger partial charge is 0.456 e. The Morgan fingerprint density at radius 3 is 1.50 bits per heavy atom. The lowest BCUT2D eigenvalue weighted by atomic mass is 9.81. The molecule has 0 N–H and O–H groups in total. The Morgan fingerprint density at radius 2 is 0.786 bits per heavy atom. The third-order valence-corrected chi connectivity index (χ3v) is 25.4. The van der Waals surface area contributed by atoms with Gasteiger partial charge in [-0.05, 0) is 197 Å². The van der Waals surface area contributed by atoms with Crippen LogP contribution in [0.5, 0.6) is 0 Å². The van der Waals surface area contributed by atoms with E-state index >= 15 is 0 Å². The molecule has 8 nitrogen and oxygen atoms in total. The fraction of sp³-hybridized carbons (Fsp3) is 0.110. The van der Waals surface area contributed by atoms with Crippen molar-refractivity contribution < 1.29 is 13.3 Å². The summed E-state index contributed by atoms with van der Waals surface area (Å²) in [7, 11) is 0. The molecule has 0 saturated carbocycles. The highest BCUT2D eigenvalue weighted by Gasteiger charge is 2.41. The maximum Gasteiger partial charge on any atom is 0.140 e. The Bertz CT molecular complexity index is 7680. The molecule has 3 aliphatic rings. The number of hydrogen-bond acceptors (Lipinski definition) is 8. The minimum atomic E-state index is -0.186. The molecule has 0 saturated heterocycles. The first kappa shape index (κ1) is 69.5. The number of benzene rings is 14. The molecule has 24 rings (SSSR count). The van der Waals surface area contributed by atoms with Crippen LogP contribution in [-0.2, 0) is 16.2 Å². The van der Waals surface area contributed by atoms with E-state index in [0.717, 1.165) is 123 Å². The summed E-state index contributed by atoms with van der Waals surface area (Å²) < 4.78 is 19.3. The van der Waals surface area contributed by atoms with Crippen molar-refractivity contribution in [3.63, 3.8) is 0 Å². The van der Waals surface area contributed by atoms with Gasteiger partial charge >= 0.3 is 0 Å². The highest BCUT2D eigenvalue weighted by atomic mass is 16.3. The Balaban J connectivity index is 0.000000106. The Kier molecular flexibility index (Phi) is 15.7. The number of para-hydroxylation sites is 2. The van der Waals surface area contributed by atoms with E-state index in [1.54, 1.807) is 0 Å². The summed E-state index contributed by atoms with van der Waals surface area (Å²) in [6, 6.07) is 108. The highest BCUT2D eigenvalue weighted by Crippen LogP contribution is 2.57. The van der Waals surface area contributed by atoms with Gasteiger partial charge in [-0.25, -0.2) is 4.98 Å². The molecule has 21 aromatic rings. The molecular formula is C109H79N5O3. The topological polar surface area (TPSA) is 104 Å². The third-order valence-electron chi connectivity index (χ3n) is 25.4. The Hall–Kier alpha value is -14.2. The van der Waals surface area contributed by atoms with Crippen LogP contribution in [0.1, 0.15) is 100 Å². The van der Waals surface area contributed by atoms with Crippen LogP contribution in [0.15, 0.2) is 341 Å². The summed E-state index contributed by atoms with van der Waals surface area (Å²) in [5.41, 5.74) is 34.3. The maximum atomic E-state index is 6.47. The molecule has 0 spiro atoms. The van der Waals surface area contributed by atoms with Crippen LogP contribution in [0.3, 0.4) is 0 Å². The summed E-state index contributed by atoms with van der Waals surface area (Å²) >= 11 is 0. The van der Waals surface area contributed by atoms with Crippen molar-refractivity contribution >= 4 is 98.1 Å². The van der Waals surface area contributed by atoms with Crippen LogP contribution < -0.4 is 0 Å². The summed E-state index contributed by atoms with van der Waals surface area (Å²) in [5.74, 6) is 0.519. The van der Waals surface area contributed by atoms with Crippen LogP contribution in [0.4, 0.5) is 0 Å². The van der Waals surface area contributed by atoms with Crippen LogP contribution >= 0.6 is 0 Å². The first-order valence-electron chi connectivity index (χ1n) is 40.5. The van der Waals surface area contributed by atoms with Crippen molar-refractivity contribution in [1.82, 2.24) is 24.9 Å². The Labute approximate surface area is 677 Å². The summed E-state index contributed by atoms with van der Waals surface area (Å²) in [6.07, 6.45) is 7.64. The standard InChI is InChI=1S/C39H26N2O.C35H24N2O.C35H29NO/c1-39(2)33-18-15-24(20-31(33)29-16-17-30-28-13-7-8-14-36(28)42-38(30)37(29)39)34-21-41-35(22-40-34)32-19-23-9-3-4-10-25(23)26-11-5-6-12-27(26)32;1-35(2)29-19-22(23-12-16-30(37-20-23)33-24-8-4-3-7-21(24)17-18-36-33)11-13-25(29)27-14-15-28-26-9-5-6-10-31(26)38-34(28)32(27)35;1-21(2)22-12-14-23(15-13-22)31-10-7-11-32(36-31)24-16-17-33-27(18-24)28-19-30-26(20-34(28)37-33)25-8-5-6-9-29(25)35(30,3)4/h3-22H,1-2H3;3-20H,1-2H3;5-21H,1-4H3. The minimum absolute atomic E-state index is 0.0394. The van der Waals surface area contributed by atoms with E-state index in [9.17, 15) is 0 Å². The predicted octanol–water partition coefficient (Wildman–Crippen LogP) is 29.2. The van der Waals surface area contributed by atoms with Crippen molar-refractivity contribution in [3.8, 4) is 101 Å². The maximum absolute atomic E-state index is 6.47. The molecule has 7 heterocycles. The molecule has 8 heteroatoms. The van der Waals surface area contributed by atoms with Crippen molar-refractivity contribution in [2.24, 2.45) is 0 Å². The molecule has 0 unspecified atom stereocenters. The molecule has 0 radical (unpaired) electrons. The van der Waals surface area contributed by atoms with E-state index < -0.39 is 0 Å². The van der Waals surface area contributed by atoms with E-state index in [4.69, 9.17) is 33.2 Å². The van der Waals surface area contributed by atoms with E-state index in [-0.39, 0.29) is 16.2 Å². The first-order valence-corrected chi connectivity index (χ1v) is 40.5. The lowest BCUT2D eigenvalue weighted by Gasteiger charge is -2.22. The van der Waals surface area contributed by atoms with Crippen LogP contribution in [0, 0.1) is 0 Å². The average Bonchev–Trinajstić information content (AvgIpc) is 1.57. The summed E-state index contributed by atoms with van der Waals surface area (Å²) in [5, 5.41) is 14.1. The third kappa shape index (κ3) is 11.1. The zero-order chi connectivity index (χ0) is 78.7. The zero-order valence-electron chi connectivity index (χ0n) is 66.2. The molecule has 7 aromatic heterocycles. The number of hydrogen-bond donors (Lipinski definition) is 0. The fourth-order valence-corrected chi connectivity index (χ4v) is 19.3. The SMILES string of the molecule is CC(C)c1ccc(-c2cccc(-c3ccc4oc5cc6c(cc5c4c3)C(C)(C)c3ccccc3-6)n2)cc1.CC1(C)c2cc(-c3ccc(-c4nccc5ccccc45)nc3)ccc2-c2ccc3c(oc4ccccc43)c21.CC1(C)c2ccc(-c3cnc(-c4cc5ccccc5c5ccccc45)cn3)cc2-c2ccc3c(oc4ccccc43)c21. The van der Waals surface area contributed by atoms with E-state index in [1.165, 1.54) is 115 Å². The predicted molar refractivity (Wildman–Crippen MR) is 482 cm³/mol. The summed E-state index contributed by atoms with van der Waals surface area (Å²) in [6.45, 7) is 18.3. The van der Waals surface area contributed by atoms with Crippen LogP contribution in [0.2, 0.25) is 0 Å². The number of fused-ring (bicyclic) bond motifs is 24. The normalized spacial score (nSPS) is 13.8. The molecule has 558 valence electrons. The molecule has 0 fully saturated rings. The molecule has 0 amide bonds. The summed E-state index contributed by atoms with van der Waals surface area (Å²) in [4.78, 5) is 24.4. The average molecular weight is 1510 g/mol. The minimum Gasteiger partial charge on any atom is -0.456 e. The van der Waals surface area contributed by atoms with Gasteiger partial charge in [0.25, 0.3) is 0 Å². The molecule has 117 heavy (non-hydrogen) atoms. The van der Waals surface area contributed by atoms with E-state index in [1.807, 2.05) is 49.1 Å². The number of rotatable bonds is 7. The second-order valence-electron chi connectivity index (χ2n) is 33.5. The quantitative estimate of drug-likeness (QED) is 0.145. The Morgan fingerprint density at radius 1 is 0.256 bits per heavy atom. The first-order chi connectivity index (χ1) is 57.1. The van der Waals surface area contributed by atoms with Crippen molar-refractivity contribution in [2.75, 3.05) is 0 Å². The van der Waals surface area contributed by atoms with Gasteiger partial charge in [0.05, 0.1) is 46.6 Å². The van der Waals surface area contributed by atoms with Crippen molar-refractivity contribution in [3.05, 3.63) is 367 Å². The van der Waals surface area contributed by atoms with Gasteiger partial charge in [0.15, 0.2) is 0 Å². The lowest BCUT2D eigenvalue weighted by Crippen LogP contribution is -2.15. The lowest BCUT2D eigenvalue weighted by molar-refractivity contribution is 0.619. The van der Waals surface area contributed by atoms with Gasteiger partial charge in [-0.2, -0.15) is 0 Å². The van der Waals surface area contributed by atoms with Crippen molar-refractivity contribution in [1.29, 1.82) is 0 Å². The van der Waals surface area contributed by atoms with Gasteiger partial charge < -0.3 is 13.3 Å². The monoisotopic (exact) mass is 1510 g/mol. The zero-order valence-corrected chi connectivity index (χ0v) is 66.2. The fourth-order valence-electron chi connectivity index (χ4n) is 19.3.